The van der Waals surface area contributed by atoms with Crippen LogP contribution in [0.2, 0.25) is 5.02 Å². The zero-order valence-corrected chi connectivity index (χ0v) is 24.2. The van der Waals surface area contributed by atoms with Crippen LogP contribution in [0, 0.1) is 5.41 Å². The molecule has 216 valence electrons. The fraction of sp³-hybridized carbons (Fsp3) is 0.303. The molecule has 1 atom stereocenters. The molecule has 1 saturated heterocycles. The number of aromatic amines is 1. The van der Waals surface area contributed by atoms with Gasteiger partial charge in [-0.25, -0.2) is 9.78 Å². The number of piperazine rings is 1. The lowest BCUT2D eigenvalue weighted by Gasteiger charge is -2.39. The first-order chi connectivity index (χ1) is 20.3. The van der Waals surface area contributed by atoms with Crippen molar-refractivity contribution in [2.24, 2.45) is 5.41 Å². The van der Waals surface area contributed by atoms with Gasteiger partial charge in [-0.15, -0.1) is 0 Å². The third-order valence-corrected chi connectivity index (χ3v) is 8.67. The molecule has 6 rings (SSSR count). The van der Waals surface area contributed by atoms with Gasteiger partial charge in [-0.2, -0.15) is 0 Å². The molecule has 42 heavy (non-hydrogen) atoms. The normalized spacial score (nSPS) is 19.7. The number of hydrogen-bond donors (Lipinski definition) is 2. The molecule has 8 nitrogen and oxygen atoms in total. The highest BCUT2D eigenvalue weighted by molar-refractivity contribution is 6.30. The average Bonchev–Trinajstić information content (AvgIpc) is 3.46. The quantitative estimate of drug-likeness (QED) is 0.223. The molecule has 9 heteroatoms. The van der Waals surface area contributed by atoms with E-state index in [4.69, 9.17) is 16.3 Å². The predicted molar refractivity (Wildman–Crippen MR) is 165 cm³/mol. The van der Waals surface area contributed by atoms with Crippen molar-refractivity contribution in [3.05, 3.63) is 88.7 Å². The van der Waals surface area contributed by atoms with Gasteiger partial charge in [0.15, 0.2) is 0 Å². The monoisotopic (exact) mass is 584 g/mol. The van der Waals surface area contributed by atoms with Gasteiger partial charge in [-0.05, 0) is 66.8 Å². The molecule has 0 radical (unpaired) electrons. The van der Waals surface area contributed by atoms with Crippen LogP contribution in [0.15, 0.2) is 72.6 Å². The number of nitrogens with zero attached hydrogens (tertiary/aromatic N) is 3. The van der Waals surface area contributed by atoms with E-state index in [-0.39, 0.29) is 16.7 Å². The van der Waals surface area contributed by atoms with Crippen LogP contribution in [-0.2, 0) is 4.79 Å². The van der Waals surface area contributed by atoms with E-state index in [1.807, 2.05) is 30.3 Å². The van der Waals surface area contributed by atoms with Crippen molar-refractivity contribution in [1.82, 2.24) is 14.9 Å². The molecule has 2 aromatic carbocycles. The minimum absolute atomic E-state index is 0.101. The topological polar surface area (TPSA) is 98.8 Å². The lowest BCUT2D eigenvalue weighted by atomic mass is 9.72. The number of hydrogen-bond acceptors (Lipinski definition) is 6. The second-order valence-electron chi connectivity index (χ2n) is 11.5. The Morgan fingerprint density at radius 1 is 1.12 bits per heavy atom. The molecule has 2 aliphatic rings. The minimum atomic E-state index is -1.04. The highest BCUT2D eigenvalue weighted by atomic mass is 35.5. The number of pyridine rings is 1. The van der Waals surface area contributed by atoms with Gasteiger partial charge in [-0.3, -0.25) is 4.90 Å². The first-order valence-corrected chi connectivity index (χ1v) is 14.6. The maximum absolute atomic E-state index is 12.0. The van der Waals surface area contributed by atoms with Crippen LogP contribution >= 0.6 is 11.6 Å². The summed E-state index contributed by atoms with van der Waals surface area (Å²) < 4.78 is 6.06. The summed E-state index contributed by atoms with van der Waals surface area (Å²) in [5.41, 5.74) is 5.25. The number of aromatic carboxylic acids is 1. The molecule has 2 N–H and O–H groups in total. The molecule has 0 saturated carbocycles. The van der Waals surface area contributed by atoms with E-state index in [0.29, 0.717) is 10.8 Å². The molecular formula is C33H33ClN4O4. The number of benzene rings is 2. The maximum atomic E-state index is 12.0. The summed E-state index contributed by atoms with van der Waals surface area (Å²) in [7, 11) is 0. The van der Waals surface area contributed by atoms with Crippen LogP contribution < -0.4 is 9.64 Å². The number of ether oxygens (including phenoxy) is 1. The van der Waals surface area contributed by atoms with Crippen molar-refractivity contribution in [2.75, 3.05) is 37.6 Å². The van der Waals surface area contributed by atoms with Crippen LogP contribution in [0.5, 0.6) is 11.5 Å². The Hall–Kier alpha value is -4.14. The van der Waals surface area contributed by atoms with Crippen molar-refractivity contribution in [2.45, 2.75) is 26.2 Å². The number of fused-ring (bicyclic) bond motifs is 1. The standard InChI is InChI=1S/C33H33ClN4O4/c1-33(21-39)10-8-28(22-2-4-25(34)5-3-22)24(18-33)20-37-12-14-38(15-13-37)26-6-7-29(32(40)41)30(17-26)42-27-16-23-9-11-35-31(23)36-19-27/h2-7,9,11,16-17,19,21H,8,10,12-15,18,20H2,1H3,(H,35,36)(H,40,41)/t33-/m1/s1. The zero-order valence-electron chi connectivity index (χ0n) is 23.5. The van der Waals surface area contributed by atoms with Crippen molar-refractivity contribution < 1.29 is 19.4 Å². The number of anilines is 1. The number of aldehydes is 1. The van der Waals surface area contributed by atoms with Gasteiger partial charge < -0.3 is 24.5 Å². The highest BCUT2D eigenvalue weighted by Gasteiger charge is 2.32. The number of halogens is 1. The van der Waals surface area contributed by atoms with Crippen LogP contribution in [-0.4, -0.2) is 65.0 Å². The molecule has 1 fully saturated rings. The Labute approximate surface area is 249 Å². The minimum Gasteiger partial charge on any atom is -0.478 e. The van der Waals surface area contributed by atoms with Crippen molar-refractivity contribution in [3.63, 3.8) is 0 Å². The number of carbonyl (C=O) groups is 2. The third kappa shape index (κ3) is 5.91. The molecule has 1 aliphatic carbocycles. The number of carboxylic acids is 1. The Morgan fingerprint density at radius 2 is 1.90 bits per heavy atom. The molecule has 1 aliphatic heterocycles. The Morgan fingerprint density at radius 3 is 2.64 bits per heavy atom. The molecule has 3 heterocycles. The average molecular weight is 585 g/mol. The van der Waals surface area contributed by atoms with Crippen LogP contribution in [0.4, 0.5) is 5.69 Å². The third-order valence-electron chi connectivity index (χ3n) is 8.42. The van der Waals surface area contributed by atoms with E-state index in [9.17, 15) is 14.7 Å². The molecule has 4 aromatic rings. The Kier molecular flexibility index (Phi) is 7.75. The number of rotatable bonds is 8. The molecule has 2 aromatic heterocycles. The van der Waals surface area contributed by atoms with Gasteiger partial charge in [-0.1, -0.05) is 36.2 Å². The Bertz CT molecular complexity index is 1660. The summed E-state index contributed by atoms with van der Waals surface area (Å²) in [6, 6.07) is 17.0. The smallest absolute Gasteiger partial charge is 0.339 e. The first-order valence-electron chi connectivity index (χ1n) is 14.2. The molecule has 0 unspecified atom stereocenters. The summed E-state index contributed by atoms with van der Waals surface area (Å²) in [5.74, 6) is -0.282. The lowest BCUT2D eigenvalue weighted by molar-refractivity contribution is -0.115. The molecule has 0 bridgehead atoms. The lowest BCUT2D eigenvalue weighted by Crippen LogP contribution is -2.47. The number of nitrogens with one attached hydrogen (secondary N) is 1. The zero-order chi connectivity index (χ0) is 29.3. The van der Waals surface area contributed by atoms with Crippen molar-refractivity contribution in [1.29, 1.82) is 0 Å². The van der Waals surface area contributed by atoms with E-state index >= 15 is 0 Å². The number of carboxylic acid groups (broad SMARTS) is 1. The summed E-state index contributed by atoms with van der Waals surface area (Å²) in [4.78, 5) is 36.0. The molecule has 0 amide bonds. The van der Waals surface area contributed by atoms with Gasteiger partial charge in [0.25, 0.3) is 0 Å². The number of carbonyl (C=O) groups excluding carboxylic acids is 1. The number of H-pyrrole nitrogens is 1. The summed E-state index contributed by atoms with van der Waals surface area (Å²) in [6.45, 7) is 6.15. The summed E-state index contributed by atoms with van der Waals surface area (Å²) in [5, 5.41) is 11.4. The van der Waals surface area contributed by atoms with E-state index in [0.717, 1.165) is 75.0 Å². The summed E-state index contributed by atoms with van der Waals surface area (Å²) >= 11 is 6.15. The van der Waals surface area contributed by atoms with Crippen molar-refractivity contribution >= 4 is 46.2 Å². The van der Waals surface area contributed by atoms with Gasteiger partial charge >= 0.3 is 5.97 Å². The highest BCUT2D eigenvalue weighted by Crippen LogP contribution is 2.42. The van der Waals surface area contributed by atoms with E-state index in [2.05, 4.69) is 38.8 Å². The van der Waals surface area contributed by atoms with E-state index in [1.165, 1.54) is 16.7 Å². The predicted octanol–water partition coefficient (Wildman–Crippen LogP) is 6.67. The van der Waals surface area contributed by atoms with E-state index < -0.39 is 5.97 Å². The molecular weight excluding hydrogens is 552 g/mol. The second kappa shape index (κ2) is 11.6. The van der Waals surface area contributed by atoms with Gasteiger partial charge in [0.2, 0.25) is 0 Å². The fourth-order valence-electron chi connectivity index (χ4n) is 6.03. The van der Waals surface area contributed by atoms with Crippen LogP contribution in [0.3, 0.4) is 0 Å². The van der Waals surface area contributed by atoms with Gasteiger partial charge in [0.05, 0.1) is 6.20 Å². The van der Waals surface area contributed by atoms with Gasteiger partial charge in [0, 0.05) is 66.5 Å². The van der Waals surface area contributed by atoms with Crippen molar-refractivity contribution in [3.8, 4) is 11.5 Å². The summed E-state index contributed by atoms with van der Waals surface area (Å²) in [6.07, 6.45) is 6.99. The van der Waals surface area contributed by atoms with Gasteiger partial charge in [0.1, 0.15) is 29.0 Å². The first kappa shape index (κ1) is 28.0. The van der Waals surface area contributed by atoms with Crippen LogP contribution in [0.1, 0.15) is 42.1 Å². The largest absolute Gasteiger partial charge is 0.478 e. The number of aromatic nitrogens is 2. The second-order valence-corrected chi connectivity index (χ2v) is 11.9. The van der Waals surface area contributed by atoms with E-state index in [1.54, 1.807) is 24.5 Å². The SMILES string of the molecule is C[C@@]1(C=O)CCC(c2ccc(Cl)cc2)=C(CN2CCN(c3ccc(C(=O)O)c(Oc4cnc5[nH]ccc5c4)c3)CC2)C1. The fourth-order valence-corrected chi connectivity index (χ4v) is 6.15. The molecule has 0 spiro atoms. The van der Waals surface area contributed by atoms with Crippen LogP contribution in [0.25, 0.3) is 16.6 Å². The Balaban J connectivity index is 1.18. The maximum Gasteiger partial charge on any atom is 0.339 e. The number of allylic oxidation sites excluding steroid dienone is 1.